The highest BCUT2D eigenvalue weighted by Crippen LogP contribution is 2.32. The molecule has 7 heteroatoms. The van der Waals surface area contributed by atoms with Gasteiger partial charge in [0.1, 0.15) is 20.8 Å². The number of thiophene rings is 1. The summed E-state index contributed by atoms with van der Waals surface area (Å²) in [7, 11) is 0. The zero-order valence-electron chi connectivity index (χ0n) is 12.2. The Kier molecular flexibility index (Phi) is 4.33. The van der Waals surface area contributed by atoms with Gasteiger partial charge in [-0.25, -0.2) is 9.97 Å². The van der Waals surface area contributed by atoms with Crippen LogP contribution >= 0.6 is 35.3 Å². The first kappa shape index (κ1) is 15.0. The fraction of sp³-hybridized carbons (Fsp3) is 0.500. The lowest BCUT2D eigenvalue weighted by molar-refractivity contribution is 0.539. The smallest absolute Gasteiger partial charge is 0.142 e. The summed E-state index contributed by atoms with van der Waals surface area (Å²) in [6.45, 7) is 6.33. The molecule has 1 saturated heterocycles. The minimum Gasteiger partial charge on any atom is -0.383 e. The number of rotatable bonds is 2. The van der Waals surface area contributed by atoms with Crippen molar-refractivity contribution in [1.82, 2.24) is 14.9 Å². The summed E-state index contributed by atoms with van der Waals surface area (Å²) in [5.41, 5.74) is 7.30. The monoisotopic (exact) mass is 338 g/mol. The Bertz CT molecular complexity index is 689. The van der Waals surface area contributed by atoms with E-state index in [9.17, 15) is 0 Å². The van der Waals surface area contributed by atoms with Gasteiger partial charge in [-0.15, -0.1) is 11.3 Å². The van der Waals surface area contributed by atoms with Crippen molar-refractivity contribution in [3.63, 3.8) is 0 Å². The van der Waals surface area contributed by atoms with E-state index >= 15 is 0 Å². The predicted molar refractivity (Wildman–Crippen MR) is 96.0 cm³/mol. The van der Waals surface area contributed by atoms with Gasteiger partial charge in [-0.3, -0.25) is 0 Å². The van der Waals surface area contributed by atoms with Gasteiger partial charge in [0.25, 0.3) is 0 Å². The average molecular weight is 339 g/mol. The van der Waals surface area contributed by atoms with Crippen LogP contribution in [0.3, 0.4) is 0 Å². The van der Waals surface area contributed by atoms with Crippen LogP contribution in [-0.2, 0) is 5.75 Å². The van der Waals surface area contributed by atoms with Crippen molar-refractivity contribution in [2.75, 3.05) is 18.8 Å². The summed E-state index contributed by atoms with van der Waals surface area (Å²) >= 11 is 8.79. The van der Waals surface area contributed by atoms with Crippen LogP contribution < -0.4 is 5.73 Å². The van der Waals surface area contributed by atoms with Crippen molar-refractivity contribution in [3.05, 3.63) is 16.3 Å². The van der Waals surface area contributed by atoms with Crippen molar-refractivity contribution >= 4 is 55.7 Å². The molecule has 3 heterocycles. The first-order valence-corrected chi connectivity index (χ1v) is 9.21. The van der Waals surface area contributed by atoms with Crippen molar-refractivity contribution in [2.45, 2.75) is 32.4 Å². The quantitative estimate of drug-likeness (QED) is 0.846. The maximum atomic E-state index is 6.10. The molecule has 0 aliphatic carbocycles. The molecule has 2 aromatic heterocycles. The highest BCUT2D eigenvalue weighted by atomic mass is 32.2. The number of hydrogen-bond donors (Lipinski definition) is 1. The van der Waals surface area contributed by atoms with Crippen LogP contribution in [0.25, 0.3) is 10.2 Å². The fourth-order valence-corrected chi connectivity index (χ4v) is 4.67. The summed E-state index contributed by atoms with van der Waals surface area (Å²) in [6, 6.07) is 0. The highest BCUT2D eigenvalue weighted by Gasteiger charge is 2.17. The van der Waals surface area contributed by atoms with Crippen LogP contribution in [0.15, 0.2) is 0 Å². The molecule has 4 nitrogen and oxygen atoms in total. The second kappa shape index (κ2) is 6.06. The Labute approximate surface area is 138 Å². The number of anilines is 1. The molecule has 1 fully saturated rings. The predicted octanol–water partition coefficient (Wildman–Crippen LogP) is 3.50. The van der Waals surface area contributed by atoms with E-state index in [0.29, 0.717) is 11.6 Å². The molecular formula is C14H18N4S3. The number of likely N-dealkylation sites (tertiary alicyclic amines) is 1. The lowest BCUT2D eigenvalue weighted by Crippen LogP contribution is -2.23. The molecule has 0 bridgehead atoms. The maximum absolute atomic E-state index is 6.10. The summed E-state index contributed by atoms with van der Waals surface area (Å²) in [6.07, 6.45) is 2.48. The van der Waals surface area contributed by atoms with Crippen LogP contribution in [0.2, 0.25) is 0 Å². The molecule has 1 aliphatic rings. The van der Waals surface area contributed by atoms with Gasteiger partial charge in [0.05, 0.1) is 11.1 Å². The molecule has 3 rings (SSSR count). The normalized spacial score (nSPS) is 15.0. The Morgan fingerprint density at radius 1 is 1.33 bits per heavy atom. The first-order chi connectivity index (χ1) is 10.1. The maximum Gasteiger partial charge on any atom is 0.142 e. The fourth-order valence-electron chi connectivity index (χ4n) is 2.51. The third-order valence-electron chi connectivity index (χ3n) is 3.79. The van der Waals surface area contributed by atoms with E-state index in [0.717, 1.165) is 33.5 Å². The second-order valence-electron chi connectivity index (χ2n) is 5.24. The van der Waals surface area contributed by atoms with E-state index in [1.54, 1.807) is 23.1 Å². The second-order valence-corrected chi connectivity index (χ2v) is 8.05. The van der Waals surface area contributed by atoms with Crippen molar-refractivity contribution in [3.8, 4) is 0 Å². The molecule has 0 saturated carbocycles. The Balaban J connectivity index is 1.76. The summed E-state index contributed by atoms with van der Waals surface area (Å²) in [4.78, 5) is 13.6. The molecule has 0 unspecified atom stereocenters. The Hall–Kier alpha value is -0.920. The minimum atomic E-state index is 0.588. The number of nitrogens with zero attached hydrogens (tertiary/aromatic N) is 3. The molecule has 2 aromatic rings. The topological polar surface area (TPSA) is 55.0 Å². The van der Waals surface area contributed by atoms with Crippen LogP contribution in [0.4, 0.5) is 5.82 Å². The van der Waals surface area contributed by atoms with Gasteiger partial charge >= 0.3 is 0 Å². The SMILES string of the molecule is Cc1sc2nc(CSC(=S)N3CCCC3)nc(N)c2c1C. The molecule has 0 amide bonds. The van der Waals surface area contributed by atoms with Gasteiger partial charge < -0.3 is 10.6 Å². The molecule has 112 valence electrons. The Morgan fingerprint density at radius 2 is 2.05 bits per heavy atom. The van der Waals surface area contributed by atoms with E-state index in [2.05, 4.69) is 28.7 Å². The average Bonchev–Trinajstić information content (AvgIpc) is 3.06. The molecule has 1 aliphatic heterocycles. The van der Waals surface area contributed by atoms with Crippen molar-refractivity contribution in [1.29, 1.82) is 0 Å². The highest BCUT2D eigenvalue weighted by molar-refractivity contribution is 8.22. The van der Waals surface area contributed by atoms with Crippen LogP contribution in [0.1, 0.15) is 29.1 Å². The lowest BCUT2D eigenvalue weighted by Gasteiger charge is -2.17. The zero-order valence-corrected chi connectivity index (χ0v) is 14.6. The number of thioether (sulfide) groups is 1. The summed E-state index contributed by atoms with van der Waals surface area (Å²) in [5, 5.41) is 1.01. The van der Waals surface area contributed by atoms with Crippen molar-refractivity contribution < 1.29 is 0 Å². The Morgan fingerprint density at radius 3 is 2.76 bits per heavy atom. The van der Waals surface area contributed by atoms with E-state index in [1.165, 1.54) is 23.3 Å². The summed E-state index contributed by atoms with van der Waals surface area (Å²) in [5.74, 6) is 2.04. The van der Waals surface area contributed by atoms with E-state index in [-0.39, 0.29) is 0 Å². The van der Waals surface area contributed by atoms with Gasteiger partial charge in [-0.1, -0.05) is 24.0 Å². The number of aromatic nitrogens is 2. The number of aryl methyl sites for hydroxylation is 2. The van der Waals surface area contributed by atoms with Gasteiger partial charge in [0, 0.05) is 18.0 Å². The standard InChI is InChI=1S/C14H18N4S3/c1-8-9(2)21-13-11(8)12(15)16-10(17-13)7-20-14(19)18-5-3-4-6-18/h3-7H2,1-2H3,(H2,15,16,17). The van der Waals surface area contributed by atoms with E-state index < -0.39 is 0 Å². The zero-order chi connectivity index (χ0) is 15.0. The molecule has 0 aromatic carbocycles. The molecular weight excluding hydrogens is 320 g/mol. The van der Waals surface area contributed by atoms with Crippen molar-refractivity contribution in [2.24, 2.45) is 0 Å². The van der Waals surface area contributed by atoms with Gasteiger partial charge in [-0.2, -0.15) is 0 Å². The third kappa shape index (κ3) is 3.00. The molecule has 0 atom stereocenters. The van der Waals surface area contributed by atoms with Crippen LogP contribution in [0.5, 0.6) is 0 Å². The number of nitrogens with two attached hydrogens (primary N) is 1. The van der Waals surface area contributed by atoms with Gasteiger partial charge in [0.15, 0.2) is 0 Å². The molecule has 2 N–H and O–H groups in total. The number of nitrogen functional groups attached to an aromatic ring is 1. The molecule has 21 heavy (non-hydrogen) atoms. The van der Waals surface area contributed by atoms with E-state index in [1.807, 2.05) is 0 Å². The number of fused-ring (bicyclic) bond motifs is 1. The first-order valence-electron chi connectivity index (χ1n) is 7.00. The largest absolute Gasteiger partial charge is 0.383 e. The minimum absolute atomic E-state index is 0.588. The molecule has 0 radical (unpaired) electrons. The number of thiocarbonyl (C=S) groups is 1. The summed E-state index contributed by atoms with van der Waals surface area (Å²) < 4.78 is 0.952. The van der Waals surface area contributed by atoms with E-state index in [4.69, 9.17) is 18.0 Å². The third-order valence-corrected chi connectivity index (χ3v) is 6.41. The molecule has 0 spiro atoms. The number of hydrogen-bond acceptors (Lipinski definition) is 6. The van der Waals surface area contributed by atoms with Crippen LogP contribution in [0, 0.1) is 13.8 Å². The lowest BCUT2D eigenvalue weighted by atomic mass is 10.2. The van der Waals surface area contributed by atoms with Gasteiger partial charge in [-0.05, 0) is 32.3 Å². The van der Waals surface area contributed by atoms with Gasteiger partial charge in [0.2, 0.25) is 0 Å². The van der Waals surface area contributed by atoms with Crippen LogP contribution in [-0.4, -0.2) is 32.3 Å².